The number of amides is 1. The summed E-state index contributed by atoms with van der Waals surface area (Å²) in [4.78, 5) is 27.2. The van der Waals surface area contributed by atoms with Crippen LogP contribution >= 0.6 is 11.3 Å². The maximum Gasteiger partial charge on any atom is 0.301 e. The molecule has 8 nitrogen and oxygen atoms in total. The van der Waals surface area contributed by atoms with Crippen molar-refractivity contribution in [3.05, 3.63) is 70.2 Å². The Morgan fingerprint density at radius 2 is 1.94 bits per heavy atom. The first-order valence-electron chi connectivity index (χ1n) is 9.52. The van der Waals surface area contributed by atoms with Gasteiger partial charge in [-0.3, -0.25) is 14.5 Å². The third-order valence-corrected chi connectivity index (χ3v) is 5.61. The first-order valence-corrected chi connectivity index (χ1v) is 10.4. The Kier molecular flexibility index (Phi) is 5.43. The molecule has 2 heterocycles. The van der Waals surface area contributed by atoms with Crippen LogP contribution < -0.4 is 9.64 Å². The number of carbonyl (C=O) groups is 2. The summed E-state index contributed by atoms with van der Waals surface area (Å²) in [6, 6.07) is 10.6. The Morgan fingerprint density at radius 3 is 2.58 bits per heavy atom. The number of hydrogen-bond donors (Lipinski definition) is 2. The summed E-state index contributed by atoms with van der Waals surface area (Å²) in [7, 11) is 0. The number of nitrogens with zero attached hydrogens (tertiary/aromatic N) is 3. The van der Waals surface area contributed by atoms with E-state index in [0.717, 1.165) is 16.9 Å². The lowest BCUT2D eigenvalue weighted by Gasteiger charge is -2.23. The van der Waals surface area contributed by atoms with E-state index in [4.69, 9.17) is 4.74 Å². The van der Waals surface area contributed by atoms with E-state index >= 15 is 0 Å². The zero-order valence-corrected chi connectivity index (χ0v) is 17.6. The van der Waals surface area contributed by atoms with Gasteiger partial charge in [-0.1, -0.05) is 47.2 Å². The maximum atomic E-state index is 13.0. The molecular formula is C22H19N3O5S. The highest BCUT2D eigenvalue weighted by atomic mass is 32.1. The largest absolute Gasteiger partial charge is 0.507 e. The topological polar surface area (TPSA) is 113 Å². The van der Waals surface area contributed by atoms with Crippen LogP contribution in [-0.2, 0) is 9.59 Å². The van der Waals surface area contributed by atoms with Gasteiger partial charge in [-0.25, -0.2) is 0 Å². The Balaban J connectivity index is 1.94. The normalized spacial score (nSPS) is 17.9. The van der Waals surface area contributed by atoms with Crippen molar-refractivity contribution in [1.29, 1.82) is 0 Å². The number of aromatic nitrogens is 2. The van der Waals surface area contributed by atoms with Crippen molar-refractivity contribution < 1.29 is 24.5 Å². The van der Waals surface area contributed by atoms with E-state index in [1.807, 2.05) is 6.92 Å². The number of aliphatic hydroxyl groups excluding tert-OH is 1. The molecule has 0 spiro atoms. The monoisotopic (exact) mass is 437 g/mol. The summed E-state index contributed by atoms with van der Waals surface area (Å²) in [6.07, 6.45) is 0. The second kappa shape index (κ2) is 8.19. The number of carbonyl (C=O) groups excluding carboxylic acids is 2. The molecule has 1 amide bonds. The molecule has 1 unspecified atom stereocenters. The first-order chi connectivity index (χ1) is 14.9. The van der Waals surface area contributed by atoms with Gasteiger partial charge in [-0.2, -0.15) is 0 Å². The second-order valence-electron chi connectivity index (χ2n) is 6.92. The van der Waals surface area contributed by atoms with Crippen LogP contribution in [0.15, 0.2) is 53.5 Å². The Hall–Kier alpha value is -3.72. The summed E-state index contributed by atoms with van der Waals surface area (Å²) in [5.41, 5.74) is 3.26. The summed E-state index contributed by atoms with van der Waals surface area (Å²) in [5.74, 6) is -1.80. The lowest BCUT2D eigenvalue weighted by molar-refractivity contribution is -0.132. The fourth-order valence-corrected chi connectivity index (χ4v) is 4.04. The van der Waals surface area contributed by atoms with E-state index in [9.17, 15) is 19.8 Å². The van der Waals surface area contributed by atoms with Crippen LogP contribution in [0.2, 0.25) is 0 Å². The predicted molar refractivity (Wildman–Crippen MR) is 115 cm³/mol. The predicted octanol–water partition coefficient (Wildman–Crippen LogP) is 3.58. The van der Waals surface area contributed by atoms with Crippen molar-refractivity contribution in [2.75, 3.05) is 11.5 Å². The molecule has 3 aromatic rings. The van der Waals surface area contributed by atoms with E-state index in [2.05, 4.69) is 10.2 Å². The van der Waals surface area contributed by atoms with Gasteiger partial charge in [0, 0.05) is 5.56 Å². The molecule has 0 radical (unpaired) electrons. The van der Waals surface area contributed by atoms with Gasteiger partial charge in [-0.15, -0.1) is 10.2 Å². The van der Waals surface area contributed by atoms with Gasteiger partial charge in [0.2, 0.25) is 5.13 Å². The zero-order chi connectivity index (χ0) is 22.1. The zero-order valence-electron chi connectivity index (χ0n) is 16.8. The number of Topliss-reactive ketones (excluding diaryl/α,β-unsaturated/α-hetero) is 1. The average Bonchev–Trinajstić information content (AvgIpc) is 3.37. The molecule has 0 bridgehead atoms. The fraction of sp³-hybridized carbons (Fsp3) is 0.182. The van der Waals surface area contributed by atoms with Gasteiger partial charge >= 0.3 is 5.91 Å². The van der Waals surface area contributed by atoms with E-state index in [1.54, 1.807) is 43.3 Å². The van der Waals surface area contributed by atoms with Crippen LogP contribution in [0.3, 0.4) is 0 Å². The number of anilines is 1. The number of ketones is 1. The third-order valence-electron chi connectivity index (χ3n) is 4.92. The molecule has 1 saturated heterocycles. The number of rotatable bonds is 5. The quantitative estimate of drug-likeness (QED) is 0.356. The van der Waals surface area contributed by atoms with Crippen LogP contribution in [0.4, 0.5) is 5.13 Å². The first kappa shape index (κ1) is 20.5. The van der Waals surface area contributed by atoms with E-state index < -0.39 is 17.7 Å². The number of aliphatic hydroxyl groups is 1. The van der Waals surface area contributed by atoms with Gasteiger partial charge in [0.1, 0.15) is 11.3 Å². The molecular weight excluding hydrogens is 418 g/mol. The Morgan fingerprint density at radius 1 is 1.19 bits per heavy atom. The molecule has 1 aliphatic rings. The lowest BCUT2D eigenvalue weighted by Crippen LogP contribution is -2.29. The fourth-order valence-electron chi connectivity index (χ4n) is 3.46. The van der Waals surface area contributed by atoms with E-state index in [-0.39, 0.29) is 28.0 Å². The molecule has 2 N–H and O–H groups in total. The maximum absolute atomic E-state index is 13.0. The summed E-state index contributed by atoms with van der Waals surface area (Å²) in [5, 5.41) is 29.1. The molecule has 0 saturated carbocycles. The highest BCUT2D eigenvalue weighted by Gasteiger charge is 2.48. The van der Waals surface area contributed by atoms with Gasteiger partial charge < -0.3 is 14.9 Å². The molecule has 9 heteroatoms. The standard InChI is InChI=1S/C22H19N3O5S/c1-3-30-16-10-14(8-9-15(16)26)18-17(19(27)13-6-4-12(2)5-7-13)20(28)21(29)25(18)22-24-23-11-31-22/h4-11,18,26-27H,3H2,1-2H3/b19-17+. The second-order valence-corrected chi connectivity index (χ2v) is 7.73. The highest BCUT2D eigenvalue weighted by molar-refractivity contribution is 7.13. The molecule has 1 aliphatic heterocycles. The molecule has 1 fully saturated rings. The summed E-state index contributed by atoms with van der Waals surface area (Å²) >= 11 is 1.10. The van der Waals surface area contributed by atoms with Gasteiger partial charge in [0.15, 0.2) is 11.5 Å². The number of aromatic hydroxyl groups is 1. The lowest BCUT2D eigenvalue weighted by atomic mass is 9.95. The number of aryl methyl sites for hydroxylation is 1. The van der Waals surface area contributed by atoms with Crippen molar-refractivity contribution in [1.82, 2.24) is 10.2 Å². The van der Waals surface area contributed by atoms with Crippen LogP contribution in [-0.4, -0.2) is 38.7 Å². The molecule has 31 heavy (non-hydrogen) atoms. The number of phenolic OH excluding ortho intramolecular Hbond substituents is 1. The van der Waals surface area contributed by atoms with Gasteiger partial charge in [-0.05, 0) is 31.5 Å². The highest BCUT2D eigenvalue weighted by Crippen LogP contribution is 2.44. The van der Waals surface area contributed by atoms with Crippen molar-refractivity contribution in [2.45, 2.75) is 19.9 Å². The number of benzene rings is 2. The van der Waals surface area contributed by atoms with Crippen molar-refractivity contribution in [3.8, 4) is 11.5 Å². The molecule has 158 valence electrons. The average molecular weight is 437 g/mol. The van der Waals surface area contributed by atoms with Gasteiger partial charge in [0.05, 0.1) is 18.2 Å². The van der Waals surface area contributed by atoms with Crippen molar-refractivity contribution in [3.63, 3.8) is 0 Å². The van der Waals surface area contributed by atoms with Gasteiger partial charge in [0.25, 0.3) is 5.78 Å². The van der Waals surface area contributed by atoms with Crippen LogP contribution in [0.25, 0.3) is 5.76 Å². The molecule has 0 aliphatic carbocycles. The van der Waals surface area contributed by atoms with E-state index in [1.165, 1.54) is 16.5 Å². The molecule has 1 atom stereocenters. The smallest absolute Gasteiger partial charge is 0.301 e. The minimum absolute atomic E-state index is 0.0720. The summed E-state index contributed by atoms with van der Waals surface area (Å²) < 4.78 is 5.47. The Labute approximate surface area is 182 Å². The number of phenols is 1. The Bertz CT molecular complexity index is 1170. The molecule has 1 aromatic heterocycles. The third kappa shape index (κ3) is 3.64. The number of hydrogen-bond acceptors (Lipinski definition) is 8. The van der Waals surface area contributed by atoms with E-state index in [0.29, 0.717) is 17.7 Å². The van der Waals surface area contributed by atoms with Crippen LogP contribution in [0.1, 0.15) is 29.7 Å². The number of ether oxygens (including phenoxy) is 1. The van der Waals surface area contributed by atoms with Crippen molar-refractivity contribution in [2.24, 2.45) is 0 Å². The summed E-state index contributed by atoms with van der Waals surface area (Å²) in [6.45, 7) is 4.00. The van der Waals surface area contributed by atoms with Crippen molar-refractivity contribution >= 4 is 33.9 Å². The molecule has 4 rings (SSSR count). The SMILES string of the molecule is CCOc1cc(C2/C(=C(\O)c3ccc(C)cc3)C(=O)C(=O)N2c2nncs2)ccc1O. The minimum atomic E-state index is -0.964. The van der Waals surface area contributed by atoms with Crippen LogP contribution in [0.5, 0.6) is 11.5 Å². The van der Waals surface area contributed by atoms with Crippen LogP contribution in [0, 0.1) is 6.92 Å². The molecule has 2 aromatic carbocycles. The minimum Gasteiger partial charge on any atom is -0.507 e.